The molecule has 0 saturated heterocycles. The molecule has 168 valence electrons. The summed E-state index contributed by atoms with van der Waals surface area (Å²) in [6, 6.07) is 22.4. The van der Waals surface area contributed by atoms with Gasteiger partial charge in [0.15, 0.2) is 0 Å². The van der Waals surface area contributed by atoms with Crippen molar-refractivity contribution in [2.75, 3.05) is 0 Å². The van der Waals surface area contributed by atoms with Crippen LogP contribution in [0.5, 0.6) is 11.5 Å². The average molecular weight is 462 g/mol. The molecule has 3 aromatic rings. The van der Waals surface area contributed by atoms with Crippen LogP contribution in [-0.4, -0.2) is 23.3 Å². The monoisotopic (exact) mass is 461 g/mol. The molecule has 1 atom stereocenters. The third kappa shape index (κ3) is 4.36. The number of hydrogen-bond donors (Lipinski definition) is 1. The Morgan fingerprint density at radius 1 is 0.818 bits per heavy atom. The number of thiol groups is 1. The van der Waals surface area contributed by atoms with Crippen molar-refractivity contribution >= 4 is 36.2 Å². The van der Waals surface area contributed by atoms with Crippen LogP contribution in [0.1, 0.15) is 37.5 Å². The highest BCUT2D eigenvalue weighted by Crippen LogP contribution is 2.50. The van der Waals surface area contributed by atoms with Gasteiger partial charge in [-0.3, -0.25) is 9.59 Å². The lowest BCUT2D eigenvalue weighted by Gasteiger charge is -2.33. The first-order valence-corrected chi connectivity index (χ1v) is 10.9. The van der Waals surface area contributed by atoms with Gasteiger partial charge in [-0.25, -0.2) is 4.99 Å². The second-order valence-corrected chi connectivity index (χ2v) is 8.36. The lowest BCUT2D eigenvalue weighted by molar-refractivity contribution is -0.132. The average Bonchev–Trinajstić information content (AvgIpc) is 3.08. The molecular weight excluding hydrogens is 438 g/mol. The molecule has 6 nitrogen and oxygen atoms in total. The first-order chi connectivity index (χ1) is 15.8. The van der Waals surface area contributed by atoms with Crippen LogP contribution < -0.4 is 9.47 Å². The Morgan fingerprint density at radius 2 is 1.30 bits per heavy atom. The van der Waals surface area contributed by atoms with Crippen LogP contribution in [0.4, 0.5) is 5.69 Å². The predicted octanol–water partition coefficient (Wildman–Crippen LogP) is 5.21. The fourth-order valence-electron chi connectivity index (χ4n) is 4.08. The summed E-state index contributed by atoms with van der Waals surface area (Å²) >= 11 is 4.44. The maximum absolute atomic E-state index is 11.4. The van der Waals surface area contributed by atoms with E-state index in [1.165, 1.54) is 13.8 Å². The maximum atomic E-state index is 11.4. The van der Waals surface area contributed by atoms with Gasteiger partial charge in [-0.1, -0.05) is 42.5 Å². The number of carbonyl (C=O) groups is 2. The van der Waals surface area contributed by atoms with Crippen LogP contribution in [0.15, 0.2) is 77.8 Å². The van der Waals surface area contributed by atoms with E-state index in [1.807, 2.05) is 55.5 Å². The maximum Gasteiger partial charge on any atom is 0.308 e. The van der Waals surface area contributed by atoms with Gasteiger partial charge in [0, 0.05) is 19.4 Å². The smallest absolute Gasteiger partial charge is 0.308 e. The molecule has 0 saturated carbocycles. The van der Waals surface area contributed by atoms with Crippen molar-refractivity contribution in [3.05, 3.63) is 89.5 Å². The molecule has 1 heterocycles. The van der Waals surface area contributed by atoms with E-state index in [-0.39, 0.29) is 11.9 Å². The summed E-state index contributed by atoms with van der Waals surface area (Å²) < 4.78 is 16.6. The normalized spacial score (nSPS) is 14.6. The SMILES string of the molecule is CC(=O)Oc1ccc(C2(c3ccc(OC(C)=O)cc3)C(OC(C)S)=Nc3ccccc32)cc1. The van der Waals surface area contributed by atoms with Gasteiger partial charge in [0.25, 0.3) is 0 Å². The molecule has 0 amide bonds. The Morgan fingerprint density at radius 3 is 1.76 bits per heavy atom. The number of aliphatic imine (C=N–C) groups is 1. The Kier molecular flexibility index (Phi) is 6.24. The lowest BCUT2D eigenvalue weighted by Crippen LogP contribution is -2.38. The third-order valence-electron chi connectivity index (χ3n) is 5.23. The van der Waals surface area contributed by atoms with Gasteiger partial charge >= 0.3 is 11.9 Å². The minimum atomic E-state index is -0.878. The molecule has 3 aromatic carbocycles. The number of para-hydroxylation sites is 1. The number of hydrogen-bond acceptors (Lipinski definition) is 7. The van der Waals surface area contributed by atoms with E-state index < -0.39 is 10.9 Å². The molecule has 0 aromatic heterocycles. The van der Waals surface area contributed by atoms with E-state index in [0.717, 1.165) is 22.4 Å². The number of rotatable bonds is 5. The zero-order valence-corrected chi connectivity index (χ0v) is 19.3. The molecule has 0 bridgehead atoms. The van der Waals surface area contributed by atoms with Crippen molar-refractivity contribution in [3.63, 3.8) is 0 Å². The Balaban J connectivity index is 1.93. The molecule has 0 N–H and O–H groups in total. The van der Waals surface area contributed by atoms with Crippen molar-refractivity contribution in [1.29, 1.82) is 0 Å². The van der Waals surface area contributed by atoms with E-state index in [1.54, 1.807) is 24.3 Å². The largest absolute Gasteiger partial charge is 0.466 e. The van der Waals surface area contributed by atoms with Crippen LogP contribution in [0.3, 0.4) is 0 Å². The fourth-order valence-corrected chi connectivity index (χ4v) is 4.18. The number of benzene rings is 3. The molecule has 0 radical (unpaired) electrons. The van der Waals surface area contributed by atoms with Crippen LogP contribution in [-0.2, 0) is 19.7 Å². The molecule has 0 spiro atoms. The summed E-state index contributed by atoms with van der Waals surface area (Å²) in [7, 11) is 0. The summed E-state index contributed by atoms with van der Waals surface area (Å²) in [6.07, 6.45) is 0. The Hall–Kier alpha value is -3.58. The Labute approximate surface area is 197 Å². The molecule has 0 aliphatic carbocycles. The minimum Gasteiger partial charge on any atom is -0.466 e. The molecule has 4 rings (SSSR count). The third-order valence-corrected chi connectivity index (χ3v) is 5.34. The minimum absolute atomic E-state index is 0.390. The first-order valence-electron chi connectivity index (χ1n) is 10.4. The Bertz CT molecular complexity index is 1160. The molecule has 1 aliphatic heterocycles. The highest BCUT2D eigenvalue weighted by Gasteiger charge is 2.48. The van der Waals surface area contributed by atoms with Crippen molar-refractivity contribution in [3.8, 4) is 11.5 Å². The molecule has 33 heavy (non-hydrogen) atoms. The van der Waals surface area contributed by atoms with E-state index in [2.05, 4.69) is 12.6 Å². The number of nitrogens with zero attached hydrogens (tertiary/aromatic N) is 1. The molecule has 1 unspecified atom stereocenters. The molecule has 0 fully saturated rings. The van der Waals surface area contributed by atoms with Crippen molar-refractivity contribution in [2.24, 2.45) is 4.99 Å². The number of esters is 2. The summed E-state index contributed by atoms with van der Waals surface area (Å²) in [6.45, 7) is 4.55. The molecule has 7 heteroatoms. The summed E-state index contributed by atoms with van der Waals surface area (Å²) in [5.74, 6) is 0.588. The number of carbonyl (C=O) groups excluding carboxylic acids is 2. The van der Waals surface area contributed by atoms with Crippen LogP contribution in [0.25, 0.3) is 0 Å². The van der Waals surface area contributed by atoms with Crippen molar-refractivity contribution in [1.82, 2.24) is 0 Å². The zero-order valence-electron chi connectivity index (χ0n) is 18.4. The zero-order chi connectivity index (χ0) is 23.6. The van der Waals surface area contributed by atoms with Gasteiger partial charge < -0.3 is 14.2 Å². The highest BCUT2D eigenvalue weighted by molar-refractivity contribution is 7.80. The van der Waals surface area contributed by atoms with Gasteiger partial charge in [0.2, 0.25) is 5.90 Å². The highest BCUT2D eigenvalue weighted by atomic mass is 32.1. The summed E-state index contributed by atoms with van der Waals surface area (Å²) in [5, 5.41) is 0. The van der Waals surface area contributed by atoms with Crippen LogP contribution >= 0.6 is 12.6 Å². The van der Waals surface area contributed by atoms with E-state index >= 15 is 0 Å². The van der Waals surface area contributed by atoms with Crippen molar-refractivity contribution < 1.29 is 23.8 Å². The predicted molar refractivity (Wildman–Crippen MR) is 128 cm³/mol. The second kappa shape index (κ2) is 9.11. The second-order valence-electron chi connectivity index (χ2n) is 7.64. The van der Waals surface area contributed by atoms with E-state index in [0.29, 0.717) is 17.4 Å². The number of ether oxygens (including phenoxy) is 3. The van der Waals surface area contributed by atoms with Gasteiger partial charge in [-0.15, -0.1) is 12.6 Å². The molecule has 1 aliphatic rings. The van der Waals surface area contributed by atoms with Crippen LogP contribution in [0, 0.1) is 0 Å². The quantitative estimate of drug-likeness (QED) is 0.244. The van der Waals surface area contributed by atoms with Gasteiger partial charge in [0.05, 0.1) is 5.69 Å². The number of fused-ring (bicyclic) bond motifs is 1. The van der Waals surface area contributed by atoms with E-state index in [4.69, 9.17) is 19.2 Å². The summed E-state index contributed by atoms with van der Waals surface area (Å²) in [4.78, 5) is 27.6. The van der Waals surface area contributed by atoms with Crippen molar-refractivity contribution in [2.45, 2.75) is 31.6 Å². The summed E-state index contributed by atoms with van der Waals surface area (Å²) in [5.41, 5.74) is 2.19. The van der Waals surface area contributed by atoms with Gasteiger partial charge in [-0.2, -0.15) is 0 Å². The van der Waals surface area contributed by atoms with Gasteiger partial charge in [0.1, 0.15) is 22.4 Å². The lowest BCUT2D eigenvalue weighted by atomic mass is 9.70. The standard InChI is InChI=1S/C26H23NO5S/c1-16(28)30-21-12-8-19(9-13-21)26(20-10-14-22(15-11-20)31-17(2)29)23-6-4-5-7-24(23)27-25(26)32-18(3)33/h4-15,18,33H,1-3H3. The first kappa shape index (κ1) is 22.6. The van der Waals surface area contributed by atoms with E-state index in [9.17, 15) is 9.59 Å². The van der Waals surface area contributed by atoms with Gasteiger partial charge in [-0.05, 0) is 48.4 Å². The fraction of sp³-hybridized carbons (Fsp3) is 0.192. The topological polar surface area (TPSA) is 74.2 Å². The molecular formula is C26H23NO5S. The van der Waals surface area contributed by atoms with Crippen LogP contribution in [0.2, 0.25) is 0 Å².